The predicted molar refractivity (Wildman–Crippen MR) is 54.6 cm³/mol. The highest BCUT2D eigenvalue weighted by molar-refractivity contribution is 6.17. The van der Waals surface area contributed by atoms with Crippen LogP contribution in [0.1, 0.15) is 55.0 Å². The van der Waals surface area contributed by atoms with Gasteiger partial charge in [-0.1, -0.05) is 12.1 Å². The maximum absolute atomic E-state index is 5.97. The van der Waals surface area contributed by atoms with Gasteiger partial charge in [0.1, 0.15) is 5.76 Å². The van der Waals surface area contributed by atoms with Crippen LogP contribution in [0.25, 0.3) is 0 Å². The quantitative estimate of drug-likeness (QED) is 0.717. The highest BCUT2D eigenvalue weighted by Gasteiger charge is 2.41. The summed E-state index contributed by atoms with van der Waals surface area (Å²) in [5.74, 6) is 3.66. The Morgan fingerprint density at radius 3 is 2.71 bits per heavy atom. The number of aromatic nitrogens is 1. The monoisotopic (exact) mass is 211 g/mol. The second kappa shape index (κ2) is 2.99. The number of hydrogen-bond acceptors (Lipinski definition) is 2. The SMILES string of the molecule is CC1CC1c1noc(C2CC2)c1CCl. The molecule has 3 heteroatoms. The summed E-state index contributed by atoms with van der Waals surface area (Å²) in [6.07, 6.45) is 3.75. The van der Waals surface area contributed by atoms with Crippen molar-refractivity contribution in [2.24, 2.45) is 5.92 Å². The Labute approximate surface area is 88.6 Å². The van der Waals surface area contributed by atoms with Gasteiger partial charge in [0.25, 0.3) is 0 Å². The first-order valence-electron chi connectivity index (χ1n) is 5.35. The van der Waals surface area contributed by atoms with E-state index in [9.17, 15) is 0 Å². The topological polar surface area (TPSA) is 26.0 Å². The zero-order valence-corrected chi connectivity index (χ0v) is 9.05. The lowest BCUT2D eigenvalue weighted by molar-refractivity contribution is 0.377. The van der Waals surface area contributed by atoms with Crippen molar-refractivity contribution in [2.75, 3.05) is 0 Å². The van der Waals surface area contributed by atoms with Crippen LogP contribution in [0.4, 0.5) is 0 Å². The Kier molecular flexibility index (Phi) is 1.88. The van der Waals surface area contributed by atoms with E-state index in [1.54, 1.807) is 0 Å². The Balaban J connectivity index is 1.95. The molecular weight excluding hydrogens is 198 g/mol. The molecule has 2 atom stereocenters. The summed E-state index contributed by atoms with van der Waals surface area (Å²) < 4.78 is 5.43. The summed E-state index contributed by atoms with van der Waals surface area (Å²) in [4.78, 5) is 0. The van der Waals surface area contributed by atoms with Crippen molar-refractivity contribution in [2.45, 2.75) is 43.9 Å². The summed E-state index contributed by atoms with van der Waals surface area (Å²) in [5.41, 5.74) is 2.35. The van der Waals surface area contributed by atoms with Crippen LogP contribution in [0.5, 0.6) is 0 Å². The fourth-order valence-electron chi connectivity index (χ4n) is 2.13. The Hall–Kier alpha value is -0.500. The van der Waals surface area contributed by atoms with E-state index in [1.165, 1.54) is 24.8 Å². The molecule has 0 amide bonds. The minimum Gasteiger partial charge on any atom is -0.360 e. The van der Waals surface area contributed by atoms with Crippen molar-refractivity contribution >= 4 is 11.6 Å². The zero-order chi connectivity index (χ0) is 9.71. The first-order valence-corrected chi connectivity index (χ1v) is 5.89. The molecule has 2 aliphatic rings. The first kappa shape index (κ1) is 8.78. The Morgan fingerprint density at radius 2 is 2.21 bits per heavy atom. The van der Waals surface area contributed by atoms with Gasteiger partial charge in [-0.2, -0.15) is 0 Å². The van der Waals surface area contributed by atoms with Crippen molar-refractivity contribution in [3.63, 3.8) is 0 Å². The summed E-state index contributed by atoms with van der Waals surface area (Å²) in [6, 6.07) is 0. The molecule has 14 heavy (non-hydrogen) atoms. The molecule has 0 aromatic carbocycles. The van der Waals surface area contributed by atoms with Gasteiger partial charge in [0.05, 0.1) is 11.6 Å². The summed E-state index contributed by atoms with van der Waals surface area (Å²) >= 11 is 5.97. The van der Waals surface area contributed by atoms with E-state index < -0.39 is 0 Å². The molecule has 2 unspecified atom stereocenters. The van der Waals surface area contributed by atoms with Crippen LogP contribution in [0.3, 0.4) is 0 Å². The normalized spacial score (nSPS) is 30.7. The first-order chi connectivity index (χ1) is 6.81. The molecule has 1 heterocycles. The van der Waals surface area contributed by atoms with Crippen molar-refractivity contribution in [3.8, 4) is 0 Å². The summed E-state index contributed by atoms with van der Waals surface area (Å²) in [5, 5.41) is 4.20. The van der Waals surface area contributed by atoms with E-state index in [1.807, 2.05) is 0 Å². The molecule has 2 saturated carbocycles. The number of hydrogen-bond donors (Lipinski definition) is 0. The van der Waals surface area contributed by atoms with Crippen LogP contribution in [0.2, 0.25) is 0 Å². The second-order valence-electron chi connectivity index (χ2n) is 4.64. The highest BCUT2D eigenvalue weighted by atomic mass is 35.5. The van der Waals surface area contributed by atoms with Crippen molar-refractivity contribution in [3.05, 3.63) is 17.0 Å². The van der Waals surface area contributed by atoms with Gasteiger partial charge < -0.3 is 4.52 Å². The summed E-state index contributed by atoms with van der Waals surface area (Å²) in [6.45, 7) is 2.26. The molecule has 0 radical (unpaired) electrons. The fraction of sp³-hybridized carbons (Fsp3) is 0.727. The van der Waals surface area contributed by atoms with Crippen molar-refractivity contribution in [1.82, 2.24) is 5.16 Å². The summed E-state index contributed by atoms with van der Waals surface area (Å²) in [7, 11) is 0. The van der Waals surface area contributed by atoms with E-state index in [-0.39, 0.29) is 0 Å². The number of rotatable bonds is 3. The van der Waals surface area contributed by atoms with Gasteiger partial charge in [0.2, 0.25) is 0 Å². The average molecular weight is 212 g/mol. The molecule has 2 aliphatic carbocycles. The molecule has 2 fully saturated rings. The van der Waals surface area contributed by atoms with E-state index >= 15 is 0 Å². The average Bonchev–Trinajstić information content (AvgIpc) is 3.08. The van der Waals surface area contributed by atoms with Crippen LogP contribution in [0, 0.1) is 5.92 Å². The smallest absolute Gasteiger partial charge is 0.144 e. The van der Waals surface area contributed by atoms with Gasteiger partial charge in [0, 0.05) is 17.4 Å². The van der Waals surface area contributed by atoms with Crippen LogP contribution in [-0.4, -0.2) is 5.16 Å². The molecular formula is C11H14ClNO. The largest absolute Gasteiger partial charge is 0.360 e. The maximum Gasteiger partial charge on any atom is 0.144 e. The molecule has 0 N–H and O–H groups in total. The van der Waals surface area contributed by atoms with E-state index in [0.29, 0.717) is 17.7 Å². The number of halogens is 1. The predicted octanol–water partition coefficient (Wildman–Crippen LogP) is 3.41. The molecule has 0 bridgehead atoms. The fourth-order valence-corrected chi connectivity index (χ4v) is 2.40. The van der Waals surface area contributed by atoms with Gasteiger partial charge in [-0.3, -0.25) is 0 Å². The molecule has 2 nitrogen and oxygen atoms in total. The van der Waals surface area contributed by atoms with Crippen molar-refractivity contribution in [1.29, 1.82) is 0 Å². The molecule has 1 aromatic heterocycles. The van der Waals surface area contributed by atoms with Crippen LogP contribution >= 0.6 is 11.6 Å². The van der Waals surface area contributed by atoms with E-state index in [0.717, 1.165) is 17.4 Å². The lowest BCUT2D eigenvalue weighted by Crippen LogP contribution is -1.90. The van der Waals surface area contributed by atoms with Crippen LogP contribution in [0.15, 0.2) is 4.52 Å². The molecule has 3 rings (SSSR count). The lowest BCUT2D eigenvalue weighted by atomic mass is 10.1. The molecule has 1 aromatic rings. The number of nitrogens with zero attached hydrogens (tertiary/aromatic N) is 1. The van der Waals surface area contributed by atoms with E-state index in [4.69, 9.17) is 16.1 Å². The third-order valence-electron chi connectivity index (χ3n) is 3.39. The lowest BCUT2D eigenvalue weighted by Gasteiger charge is -1.96. The van der Waals surface area contributed by atoms with Crippen molar-refractivity contribution < 1.29 is 4.52 Å². The highest BCUT2D eigenvalue weighted by Crippen LogP contribution is 2.51. The number of alkyl halides is 1. The molecule has 0 aliphatic heterocycles. The maximum atomic E-state index is 5.97. The van der Waals surface area contributed by atoms with Gasteiger partial charge in [-0.25, -0.2) is 0 Å². The second-order valence-corrected chi connectivity index (χ2v) is 4.91. The van der Waals surface area contributed by atoms with Gasteiger partial charge in [-0.15, -0.1) is 11.6 Å². The minimum atomic E-state index is 0.563. The Morgan fingerprint density at radius 1 is 1.50 bits per heavy atom. The van der Waals surface area contributed by atoms with Gasteiger partial charge >= 0.3 is 0 Å². The Bertz CT molecular complexity index is 356. The third kappa shape index (κ3) is 1.28. The minimum absolute atomic E-state index is 0.563. The van der Waals surface area contributed by atoms with Crippen LogP contribution in [-0.2, 0) is 5.88 Å². The van der Waals surface area contributed by atoms with E-state index in [2.05, 4.69) is 12.1 Å². The molecule has 76 valence electrons. The standard InChI is InChI=1S/C11H14ClNO/c1-6-4-8(6)10-9(5-12)11(14-13-10)7-2-3-7/h6-8H,2-5H2,1H3. The van der Waals surface area contributed by atoms with Gasteiger partial charge in [0.15, 0.2) is 0 Å². The van der Waals surface area contributed by atoms with Crippen LogP contribution < -0.4 is 0 Å². The van der Waals surface area contributed by atoms with Gasteiger partial charge in [-0.05, 0) is 25.2 Å². The molecule has 0 spiro atoms. The zero-order valence-electron chi connectivity index (χ0n) is 8.29. The third-order valence-corrected chi connectivity index (χ3v) is 3.66. The molecule has 0 saturated heterocycles.